The second kappa shape index (κ2) is 6.90. The molecule has 2 heterocycles. The molecule has 5 heteroatoms. The molecule has 0 saturated heterocycles. The monoisotopic (exact) mass is 350 g/mol. The van der Waals surface area contributed by atoms with Gasteiger partial charge in [-0.25, -0.2) is 4.68 Å². The number of allylic oxidation sites excluding steroid dienone is 1. The molecule has 0 N–H and O–H groups in total. The average molecular weight is 350 g/mol. The van der Waals surface area contributed by atoms with Gasteiger partial charge in [-0.05, 0) is 32.3 Å². The summed E-state index contributed by atoms with van der Waals surface area (Å²) in [4.78, 5) is 13.1. The molecule has 5 nitrogen and oxygen atoms in total. The van der Waals surface area contributed by atoms with Crippen molar-refractivity contribution in [1.82, 2.24) is 19.6 Å². The highest BCUT2D eigenvalue weighted by Crippen LogP contribution is 2.24. The second-order valence-corrected chi connectivity index (χ2v) is 7.83. The Labute approximate surface area is 154 Å². The summed E-state index contributed by atoms with van der Waals surface area (Å²) in [7, 11) is 0. The van der Waals surface area contributed by atoms with Crippen LogP contribution in [0.5, 0.6) is 0 Å². The lowest BCUT2D eigenvalue weighted by atomic mass is 10.1. The van der Waals surface area contributed by atoms with Crippen LogP contribution in [0.25, 0.3) is 17.0 Å². The molecule has 0 unspecified atom stereocenters. The van der Waals surface area contributed by atoms with Crippen LogP contribution in [0.4, 0.5) is 0 Å². The van der Waals surface area contributed by atoms with Crippen LogP contribution >= 0.6 is 0 Å². The normalized spacial score (nSPS) is 12.5. The quantitative estimate of drug-likeness (QED) is 0.709. The van der Waals surface area contributed by atoms with Crippen LogP contribution < -0.4 is 5.56 Å². The first-order chi connectivity index (χ1) is 12.3. The molecule has 0 spiro atoms. The molecule has 3 aromatic rings. The van der Waals surface area contributed by atoms with E-state index >= 15 is 0 Å². The van der Waals surface area contributed by atoms with E-state index in [1.165, 1.54) is 0 Å². The minimum Gasteiger partial charge on any atom is -0.265 e. The molecule has 26 heavy (non-hydrogen) atoms. The molecule has 0 aliphatic carbocycles. The van der Waals surface area contributed by atoms with Crippen LogP contribution in [0.1, 0.15) is 51.8 Å². The zero-order valence-electron chi connectivity index (χ0n) is 16.1. The summed E-state index contributed by atoms with van der Waals surface area (Å²) in [5, 5.41) is 9.96. The minimum atomic E-state index is -0.270. The Balaban J connectivity index is 2.09. The van der Waals surface area contributed by atoms with Crippen molar-refractivity contribution in [3.63, 3.8) is 0 Å². The number of benzene rings is 1. The summed E-state index contributed by atoms with van der Waals surface area (Å²) < 4.78 is 3.36. The maximum atomic E-state index is 13.1. The molecule has 0 amide bonds. The summed E-state index contributed by atoms with van der Waals surface area (Å²) >= 11 is 0. The lowest BCUT2D eigenvalue weighted by Crippen LogP contribution is -2.31. The smallest absolute Gasteiger partial charge is 0.265 e. The highest BCUT2D eigenvalue weighted by molar-refractivity contribution is 5.80. The summed E-state index contributed by atoms with van der Waals surface area (Å²) in [6, 6.07) is 10.0. The van der Waals surface area contributed by atoms with Crippen LogP contribution in [0, 0.1) is 0 Å². The third kappa shape index (κ3) is 3.47. The largest absolute Gasteiger partial charge is 0.293 e. The van der Waals surface area contributed by atoms with Gasteiger partial charge in [0.15, 0.2) is 0 Å². The summed E-state index contributed by atoms with van der Waals surface area (Å²) in [5.41, 5.74) is 2.27. The first-order valence-corrected chi connectivity index (χ1v) is 9.00. The zero-order valence-corrected chi connectivity index (χ0v) is 16.1. The van der Waals surface area contributed by atoms with Gasteiger partial charge in [0, 0.05) is 5.39 Å². The van der Waals surface area contributed by atoms with Crippen molar-refractivity contribution in [1.29, 1.82) is 0 Å². The van der Waals surface area contributed by atoms with E-state index in [2.05, 4.69) is 24.0 Å². The summed E-state index contributed by atoms with van der Waals surface area (Å²) in [6.45, 7) is 10.8. The Morgan fingerprint density at radius 1 is 1.15 bits per heavy atom. The van der Waals surface area contributed by atoms with Crippen molar-refractivity contribution in [2.45, 2.75) is 52.6 Å². The molecule has 0 aliphatic heterocycles. The van der Waals surface area contributed by atoms with E-state index in [9.17, 15) is 4.79 Å². The fourth-order valence-electron chi connectivity index (χ4n) is 3.00. The molecular formula is C21H26N4O. The molecule has 0 fully saturated rings. The summed E-state index contributed by atoms with van der Waals surface area (Å²) in [6.07, 6.45) is 5.75. The van der Waals surface area contributed by atoms with Crippen LogP contribution in [-0.4, -0.2) is 19.6 Å². The predicted molar refractivity (Wildman–Crippen MR) is 106 cm³/mol. The molecule has 0 saturated carbocycles. The molecule has 0 aliphatic rings. The van der Waals surface area contributed by atoms with E-state index in [-0.39, 0.29) is 17.0 Å². The third-order valence-electron chi connectivity index (χ3n) is 4.28. The Morgan fingerprint density at radius 2 is 1.85 bits per heavy atom. The molecule has 0 bridgehead atoms. The highest BCUT2D eigenvalue weighted by Gasteiger charge is 2.23. The number of nitrogens with zero attached hydrogens (tertiary/aromatic N) is 4. The topological polar surface area (TPSA) is 52.7 Å². The fourth-order valence-corrected chi connectivity index (χ4v) is 3.00. The van der Waals surface area contributed by atoms with E-state index in [1.54, 1.807) is 10.9 Å². The molecule has 3 rings (SSSR count). The van der Waals surface area contributed by atoms with Crippen LogP contribution in [0.2, 0.25) is 0 Å². The van der Waals surface area contributed by atoms with Crippen molar-refractivity contribution in [2.75, 3.05) is 0 Å². The van der Waals surface area contributed by atoms with Gasteiger partial charge < -0.3 is 0 Å². The van der Waals surface area contributed by atoms with E-state index in [4.69, 9.17) is 0 Å². The number of aromatic nitrogens is 4. The Kier molecular flexibility index (Phi) is 4.81. The van der Waals surface area contributed by atoms with Gasteiger partial charge in [0.2, 0.25) is 0 Å². The van der Waals surface area contributed by atoms with Gasteiger partial charge in [0.1, 0.15) is 5.52 Å². The van der Waals surface area contributed by atoms with E-state index in [0.29, 0.717) is 12.1 Å². The van der Waals surface area contributed by atoms with Crippen LogP contribution in [0.3, 0.4) is 0 Å². The van der Waals surface area contributed by atoms with Gasteiger partial charge in [-0.2, -0.15) is 10.2 Å². The van der Waals surface area contributed by atoms with Crippen molar-refractivity contribution < 1.29 is 0 Å². The Bertz CT molecular complexity index is 989. The molecule has 136 valence electrons. The molecule has 0 atom stereocenters. The van der Waals surface area contributed by atoms with E-state index in [1.807, 2.05) is 67.9 Å². The molecule has 1 aromatic carbocycles. The van der Waals surface area contributed by atoms with Crippen molar-refractivity contribution >= 4 is 17.0 Å². The van der Waals surface area contributed by atoms with Crippen molar-refractivity contribution in [3.8, 4) is 0 Å². The predicted octanol–water partition coefficient (Wildman–Crippen LogP) is 4.18. The summed E-state index contributed by atoms with van der Waals surface area (Å²) in [5.74, 6) is 0.208. The van der Waals surface area contributed by atoms with Crippen molar-refractivity contribution in [2.24, 2.45) is 0 Å². The second-order valence-electron chi connectivity index (χ2n) is 7.83. The lowest BCUT2D eigenvalue weighted by Gasteiger charge is -2.20. The van der Waals surface area contributed by atoms with Gasteiger partial charge in [-0.3, -0.25) is 9.48 Å². The number of rotatable bonds is 4. The van der Waals surface area contributed by atoms with Gasteiger partial charge in [-0.15, -0.1) is 0 Å². The van der Waals surface area contributed by atoms with Gasteiger partial charge in [0.25, 0.3) is 5.56 Å². The third-order valence-corrected chi connectivity index (χ3v) is 4.28. The van der Waals surface area contributed by atoms with E-state index in [0.717, 1.165) is 16.6 Å². The average Bonchev–Trinajstić information content (AvgIpc) is 3.03. The number of hydrogen-bond acceptors (Lipinski definition) is 3. The molecule has 0 radical (unpaired) electrons. The van der Waals surface area contributed by atoms with Gasteiger partial charge >= 0.3 is 0 Å². The Hall–Kier alpha value is -2.69. The fraction of sp³-hybridized carbons (Fsp3) is 0.381. The first kappa shape index (κ1) is 18.1. The molecule has 2 aromatic heterocycles. The lowest BCUT2D eigenvalue weighted by molar-refractivity contribution is 0.366. The highest BCUT2D eigenvalue weighted by atomic mass is 16.1. The zero-order chi connectivity index (χ0) is 18.9. The van der Waals surface area contributed by atoms with E-state index < -0.39 is 0 Å². The number of fused-ring (bicyclic) bond motifs is 1. The van der Waals surface area contributed by atoms with Crippen LogP contribution in [-0.2, 0) is 12.1 Å². The maximum Gasteiger partial charge on any atom is 0.293 e. The van der Waals surface area contributed by atoms with Gasteiger partial charge in [-0.1, -0.05) is 56.3 Å². The Morgan fingerprint density at radius 3 is 2.46 bits per heavy atom. The maximum absolute atomic E-state index is 13.1. The van der Waals surface area contributed by atoms with Crippen LogP contribution in [0.15, 0.2) is 47.4 Å². The SMILES string of the molecule is CC(C)c1nn(C/C=C/c2ccccc2)c(=O)c2c1cnn2C(C)(C)C. The standard InChI is InChI=1S/C21H26N4O/c1-15(2)18-17-14-22-25(21(3,4)5)19(17)20(26)24(23-18)13-9-12-16-10-7-6-8-11-16/h6-12,14-15H,13H2,1-5H3/b12-9+. The van der Waals surface area contributed by atoms with Crippen molar-refractivity contribution in [3.05, 3.63) is 64.2 Å². The van der Waals surface area contributed by atoms with Gasteiger partial charge in [0.05, 0.1) is 24.0 Å². The molecular weight excluding hydrogens is 324 g/mol. The first-order valence-electron chi connectivity index (χ1n) is 9.00. The number of hydrogen-bond donors (Lipinski definition) is 0. The minimum absolute atomic E-state index is 0.102.